The molecule has 2 saturated carbocycles. The Bertz CT molecular complexity index is 605. The first-order chi connectivity index (χ1) is 13.1. The van der Waals surface area contributed by atoms with Crippen molar-refractivity contribution < 1.29 is 9.59 Å². The van der Waals surface area contributed by atoms with E-state index in [-0.39, 0.29) is 29.8 Å². The predicted molar refractivity (Wildman–Crippen MR) is 107 cm³/mol. The van der Waals surface area contributed by atoms with Gasteiger partial charge >= 0.3 is 0 Å². The SMILES string of the molecule is NC(CNC(=O)C1CCC(NC(=O)CC2CCCC2)CC1)c1ccccc1. The van der Waals surface area contributed by atoms with Gasteiger partial charge in [-0.25, -0.2) is 0 Å². The Hall–Kier alpha value is -1.88. The molecule has 0 spiro atoms. The van der Waals surface area contributed by atoms with E-state index in [0.717, 1.165) is 31.2 Å². The van der Waals surface area contributed by atoms with Crippen LogP contribution in [-0.4, -0.2) is 24.4 Å². The molecule has 2 aliphatic carbocycles. The molecule has 4 N–H and O–H groups in total. The van der Waals surface area contributed by atoms with Gasteiger partial charge in [-0.15, -0.1) is 0 Å². The number of amides is 2. The molecule has 0 heterocycles. The molecule has 27 heavy (non-hydrogen) atoms. The summed E-state index contributed by atoms with van der Waals surface area (Å²) in [6.45, 7) is 0.459. The summed E-state index contributed by atoms with van der Waals surface area (Å²) in [6, 6.07) is 9.89. The third kappa shape index (κ3) is 6.06. The lowest BCUT2D eigenvalue weighted by atomic mass is 9.85. The van der Waals surface area contributed by atoms with Crippen LogP contribution in [0, 0.1) is 11.8 Å². The van der Waals surface area contributed by atoms with Crippen molar-refractivity contribution in [1.82, 2.24) is 10.6 Å². The maximum absolute atomic E-state index is 12.4. The first-order valence-electron chi connectivity index (χ1n) is 10.5. The quantitative estimate of drug-likeness (QED) is 0.689. The Morgan fingerprint density at radius 2 is 1.67 bits per heavy atom. The maximum Gasteiger partial charge on any atom is 0.223 e. The van der Waals surface area contributed by atoms with E-state index in [2.05, 4.69) is 10.6 Å². The summed E-state index contributed by atoms with van der Waals surface area (Å²) < 4.78 is 0. The van der Waals surface area contributed by atoms with E-state index in [0.29, 0.717) is 18.9 Å². The summed E-state index contributed by atoms with van der Waals surface area (Å²) in [5.41, 5.74) is 7.19. The summed E-state index contributed by atoms with van der Waals surface area (Å²) >= 11 is 0. The summed E-state index contributed by atoms with van der Waals surface area (Å²) in [4.78, 5) is 24.6. The number of carbonyl (C=O) groups is 2. The number of rotatable bonds is 7. The number of nitrogens with one attached hydrogen (secondary N) is 2. The van der Waals surface area contributed by atoms with Crippen LogP contribution in [-0.2, 0) is 9.59 Å². The van der Waals surface area contributed by atoms with Crippen LogP contribution in [0.4, 0.5) is 0 Å². The Labute approximate surface area is 162 Å². The second kappa shape index (κ2) is 9.88. The van der Waals surface area contributed by atoms with Crippen LogP contribution < -0.4 is 16.4 Å². The van der Waals surface area contributed by atoms with Crippen molar-refractivity contribution in [3.8, 4) is 0 Å². The zero-order chi connectivity index (χ0) is 19.1. The van der Waals surface area contributed by atoms with Gasteiger partial charge in [-0.1, -0.05) is 43.2 Å². The smallest absolute Gasteiger partial charge is 0.223 e. The lowest BCUT2D eigenvalue weighted by Gasteiger charge is -2.29. The third-order valence-corrected chi connectivity index (χ3v) is 6.14. The minimum atomic E-state index is -0.179. The first kappa shape index (κ1) is 19.9. The molecule has 1 aromatic carbocycles. The van der Waals surface area contributed by atoms with E-state index in [4.69, 9.17) is 5.73 Å². The largest absolute Gasteiger partial charge is 0.354 e. The van der Waals surface area contributed by atoms with Crippen molar-refractivity contribution >= 4 is 11.8 Å². The predicted octanol–water partition coefficient (Wildman–Crippen LogP) is 3.06. The highest BCUT2D eigenvalue weighted by atomic mass is 16.2. The Morgan fingerprint density at radius 1 is 1.00 bits per heavy atom. The number of hydrogen-bond acceptors (Lipinski definition) is 3. The van der Waals surface area contributed by atoms with Crippen molar-refractivity contribution in [1.29, 1.82) is 0 Å². The summed E-state index contributed by atoms with van der Waals surface area (Å²) in [5.74, 6) is 0.914. The molecule has 0 saturated heterocycles. The van der Waals surface area contributed by atoms with Crippen LogP contribution in [0.1, 0.15) is 69.4 Å². The van der Waals surface area contributed by atoms with Gasteiger partial charge in [0, 0.05) is 31.0 Å². The van der Waals surface area contributed by atoms with Gasteiger partial charge in [0.1, 0.15) is 0 Å². The van der Waals surface area contributed by atoms with Crippen molar-refractivity contribution in [2.24, 2.45) is 17.6 Å². The van der Waals surface area contributed by atoms with Crippen LogP contribution in [0.3, 0.4) is 0 Å². The highest BCUT2D eigenvalue weighted by Crippen LogP contribution is 2.28. The van der Waals surface area contributed by atoms with Crippen molar-refractivity contribution in [3.63, 3.8) is 0 Å². The van der Waals surface area contributed by atoms with Gasteiger partial charge in [-0.2, -0.15) is 0 Å². The van der Waals surface area contributed by atoms with Crippen LogP contribution in [0.15, 0.2) is 30.3 Å². The monoisotopic (exact) mass is 371 g/mol. The molecule has 1 unspecified atom stereocenters. The normalized spacial score (nSPS) is 24.3. The molecule has 3 rings (SSSR count). The molecule has 0 radical (unpaired) electrons. The second-order valence-corrected chi connectivity index (χ2v) is 8.23. The fourth-order valence-electron chi connectivity index (χ4n) is 4.44. The highest BCUT2D eigenvalue weighted by Gasteiger charge is 2.28. The molecule has 0 aromatic heterocycles. The number of nitrogens with two attached hydrogens (primary N) is 1. The van der Waals surface area contributed by atoms with Gasteiger partial charge < -0.3 is 16.4 Å². The molecular weight excluding hydrogens is 338 g/mol. The van der Waals surface area contributed by atoms with E-state index in [1.807, 2.05) is 30.3 Å². The topological polar surface area (TPSA) is 84.2 Å². The van der Waals surface area contributed by atoms with Gasteiger partial charge in [-0.3, -0.25) is 9.59 Å². The van der Waals surface area contributed by atoms with E-state index in [1.54, 1.807) is 0 Å². The van der Waals surface area contributed by atoms with E-state index < -0.39 is 0 Å². The van der Waals surface area contributed by atoms with Crippen molar-refractivity contribution in [2.75, 3.05) is 6.54 Å². The van der Waals surface area contributed by atoms with Crippen LogP contribution >= 0.6 is 0 Å². The average Bonchev–Trinajstić information content (AvgIpc) is 3.20. The maximum atomic E-state index is 12.4. The van der Waals surface area contributed by atoms with E-state index in [1.165, 1.54) is 25.7 Å². The van der Waals surface area contributed by atoms with Gasteiger partial charge in [0.05, 0.1) is 0 Å². The molecule has 2 aliphatic rings. The summed E-state index contributed by atoms with van der Waals surface area (Å²) in [5, 5.41) is 6.19. The molecule has 0 aliphatic heterocycles. The Kier molecular flexibility index (Phi) is 7.27. The molecular formula is C22H33N3O2. The number of carbonyl (C=O) groups excluding carboxylic acids is 2. The third-order valence-electron chi connectivity index (χ3n) is 6.14. The summed E-state index contributed by atoms with van der Waals surface area (Å²) in [6.07, 6.45) is 9.06. The standard InChI is InChI=1S/C22H33N3O2/c23-20(17-8-2-1-3-9-17)15-24-22(27)18-10-12-19(13-11-18)25-21(26)14-16-6-4-5-7-16/h1-3,8-9,16,18-20H,4-7,10-15,23H2,(H,24,27)(H,25,26). The van der Waals surface area contributed by atoms with Crippen LogP contribution in [0.2, 0.25) is 0 Å². The fourth-order valence-corrected chi connectivity index (χ4v) is 4.44. The first-order valence-corrected chi connectivity index (χ1v) is 10.5. The molecule has 1 atom stereocenters. The van der Waals surface area contributed by atoms with Gasteiger partial charge in [-0.05, 0) is 50.0 Å². The van der Waals surface area contributed by atoms with Gasteiger partial charge in [0.25, 0.3) is 0 Å². The Balaban J connectivity index is 1.34. The number of benzene rings is 1. The molecule has 1 aromatic rings. The zero-order valence-electron chi connectivity index (χ0n) is 16.2. The van der Waals surface area contributed by atoms with E-state index >= 15 is 0 Å². The molecule has 5 heteroatoms. The molecule has 5 nitrogen and oxygen atoms in total. The van der Waals surface area contributed by atoms with Crippen molar-refractivity contribution in [2.45, 2.75) is 69.9 Å². The molecule has 2 fully saturated rings. The van der Waals surface area contributed by atoms with Gasteiger partial charge in [0.2, 0.25) is 11.8 Å². The number of hydrogen-bond donors (Lipinski definition) is 3. The summed E-state index contributed by atoms with van der Waals surface area (Å²) in [7, 11) is 0. The molecule has 148 valence electrons. The average molecular weight is 372 g/mol. The van der Waals surface area contributed by atoms with Crippen LogP contribution in [0.25, 0.3) is 0 Å². The zero-order valence-corrected chi connectivity index (χ0v) is 16.2. The lowest BCUT2D eigenvalue weighted by Crippen LogP contribution is -2.42. The minimum Gasteiger partial charge on any atom is -0.354 e. The molecule has 2 amide bonds. The van der Waals surface area contributed by atoms with Crippen LogP contribution in [0.5, 0.6) is 0 Å². The lowest BCUT2D eigenvalue weighted by molar-refractivity contribution is -0.126. The van der Waals surface area contributed by atoms with Gasteiger partial charge in [0.15, 0.2) is 0 Å². The van der Waals surface area contributed by atoms with Crippen molar-refractivity contribution in [3.05, 3.63) is 35.9 Å². The second-order valence-electron chi connectivity index (χ2n) is 8.23. The van der Waals surface area contributed by atoms with E-state index in [9.17, 15) is 9.59 Å². The Morgan fingerprint density at radius 3 is 2.33 bits per heavy atom. The fraction of sp³-hybridized carbons (Fsp3) is 0.636. The minimum absolute atomic E-state index is 0.0379. The highest BCUT2D eigenvalue weighted by molar-refractivity contribution is 5.79. The molecule has 0 bridgehead atoms.